The largest absolute Gasteiger partial charge is 0.491 e. The van der Waals surface area contributed by atoms with Gasteiger partial charge in [-0.25, -0.2) is 9.97 Å². The number of aromatic nitrogens is 2. The van der Waals surface area contributed by atoms with Crippen molar-refractivity contribution in [1.29, 1.82) is 0 Å². The van der Waals surface area contributed by atoms with E-state index in [4.69, 9.17) is 38.2 Å². The first-order chi connectivity index (χ1) is 9.66. The molecule has 1 aromatic heterocycles. The van der Waals surface area contributed by atoms with E-state index in [1.54, 1.807) is 12.3 Å². The molecular weight excluding hydrogens is 312 g/mol. The number of halogens is 2. The first-order valence-electron chi connectivity index (χ1n) is 6.60. The Morgan fingerprint density at radius 1 is 1.29 bits per heavy atom. The third-order valence-corrected chi connectivity index (χ3v) is 4.36. The molecule has 5 nitrogen and oxygen atoms in total. The quantitative estimate of drug-likeness (QED) is 0.524. The summed E-state index contributed by atoms with van der Waals surface area (Å²) in [6, 6.07) is 0. The van der Waals surface area contributed by atoms with Crippen molar-refractivity contribution in [1.82, 2.24) is 9.97 Å². The Bertz CT molecular complexity index is 563. The van der Waals surface area contributed by atoms with Crippen LogP contribution in [0.2, 0.25) is 10.4 Å². The highest BCUT2D eigenvalue weighted by atomic mass is 35.5. The highest BCUT2D eigenvalue weighted by molar-refractivity contribution is 6.56. The van der Waals surface area contributed by atoms with Crippen LogP contribution >= 0.6 is 23.2 Å². The van der Waals surface area contributed by atoms with Gasteiger partial charge < -0.3 is 15.0 Å². The molecule has 8 heteroatoms. The number of nitrogens with two attached hydrogens (primary N) is 1. The number of nitrogens with zero attached hydrogens (tertiary/aromatic N) is 2. The van der Waals surface area contributed by atoms with Gasteiger partial charge in [-0.05, 0) is 44.8 Å². The van der Waals surface area contributed by atoms with E-state index < -0.39 is 18.3 Å². The fraction of sp³-hybridized carbons (Fsp3) is 0.538. The molecule has 0 amide bonds. The first-order valence-corrected chi connectivity index (χ1v) is 7.36. The van der Waals surface area contributed by atoms with E-state index in [9.17, 15) is 0 Å². The molecule has 2 N–H and O–H groups in total. The van der Waals surface area contributed by atoms with Crippen LogP contribution in [-0.2, 0) is 9.31 Å². The van der Waals surface area contributed by atoms with Gasteiger partial charge in [0.25, 0.3) is 0 Å². The van der Waals surface area contributed by atoms with E-state index >= 15 is 0 Å². The van der Waals surface area contributed by atoms with Crippen molar-refractivity contribution in [3.05, 3.63) is 27.7 Å². The molecule has 0 radical (unpaired) electrons. The van der Waals surface area contributed by atoms with Gasteiger partial charge >= 0.3 is 7.12 Å². The summed E-state index contributed by atoms with van der Waals surface area (Å²) in [6.07, 6.45) is 3.32. The third-order valence-electron chi connectivity index (χ3n) is 3.87. The fourth-order valence-electron chi connectivity index (χ4n) is 1.86. The molecule has 1 saturated heterocycles. The molecule has 1 fully saturated rings. The SMILES string of the molecule is CC1(C)OB(C(=Cc2cnc(Cl)nc2Cl)CN)OC1(C)C. The van der Waals surface area contributed by atoms with Crippen molar-refractivity contribution >= 4 is 36.4 Å². The van der Waals surface area contributed by atoms with E-state index in [0.717, 1.165) is 5.47 Å². The molecule has 21 heavy (non-hydrogen) atoms. The van der Waals surface area contributed by atoms with Crippen molar-refractivity contribution in [2.75, 3.05) is 6.54 Å². The van der Waals surface area contributed by atoms with Crippen LogP contribution in [0.15, 0.2) is 11.7 Å². The fourth-order valence-corrected chi connectivity index (χ4v) is 2.22. The van der Waals surface area contributed by atoms with Crippen molar-refractivity contribution < 1.29 is 9.31 Å². The summed E-state index contributed by atoms with van der Waals surface area (Å²) in [5.74, 6) is 0. The standard InChI is InChI=1S/C13H18BCl2N3O2/c1-12(2)13(3,4)21-14(20-12)9(6-17)5-8-7-18-11(16)19-10(8)15/h5,7H,6,17H2,1-4H3. The van der Waals surface area contributed by atoms with Crippen LogP contribution in [-0.4, -0.2) is 34.8 Å². The Kier molecular flexibility index (Phi) is 4.66. The van der Waals surface area contributed by atoms with Crippen molar-refractivity contribution in [2.24, 2.45) is 5.73 Å². The summed E-state index contributed by atoms with van der Waals surface area (Å²) in [6.45, 7) is 8.22. The average molecular weight is 330 g/mol. The van der Waals surface area contributed by atoms with E-state index in [2.05, 4.69) is 9.97 Å². The Balaban J connectivity index is 2.31. The number of hydrogen-bond acceptors (Lipinski definition) is 5. The zero-order valence-electron chi connectivity index (χ0n) is 12.5. The smallest absolute Gasteiger partial charge is 0.400 e. The second-order valence-electron chi connectivity index (χ2n) is 5.90. The van der Waals surface area contributed by atoms with Gasteiger partial charge in [0.2, 0.25) is 5.28 Å². The van der Waals surface area contributed by atoms with Crippen molar-refractivity contribution in [2.45, 2.75) is 38.9 Å². The minimum atomic E-state index is -0.522. The third kappa shape index (κ3) is 3.40. The van der Waals surface area contributed by atoms with Gasteiger partial charge in [-0.15, -0.1) is 0 Å². The predicted octanol–water partition coefficient (Wildman–Crippen LogP) is 2.76. The summed E-state index contributed by atoms with van der Waals surface area (Å²) in [5.41, 5.74) is 6.36. The Hall–Kier alpha value is -0.655. The topological polar surface area (TPSA) is 70.3 Å². The summed E-state index contributed by atoms with van der Waals surface area (Å²) in [4.78, 5) is 7.81. The zero-order chi connectivity index (χ0) is 15.8. The van der Waals surface area contributed by atoms with Gasteiger partial charge in [-0.1, -0.05) is 17.7 Å². The molecule has 0 aromatic carbocycles. The molecule has 0 unspecified atom stereocenters. The van der Waals surface area contributed by atoms with Gasteiger partial charge in [-0.3, -0.25) is 0 Å². The minimum absolute atomic E-state index is 0.0991. The highest BCUT2D eigenvalue weighted by Gasteiger charge is 2.52. The van der Waals surface area contributed by atoms with Crippen LogP contribution in [0.1, 0.15) is 33.3 Å². The molecule has 0 atom stereocenters. The molecule has 114 valence electrons. The van der Waals surface area contributed by atoms with E-state index in [0.29, 0.717) is 5.56 Å². The summed E-state index contributed by atoms with van der Waals surface area (Å²) < 4.78 is 11.9. The average Bonchev–Trinajstić information content (AvgIpc) is 2.57. The van der Waals surface area contributed by atoms with Crippen LogP contribution in [0.3, 0.4) is 0 Å². The summed E-state index contributed by atoms with van der Waals surface area (Å²) >= 11 is 11.7. The lowest BCUT2D eigenvalue weighted by atomic mass is 9.77. The molecule has 0 spiro atoms. The monoisotopic (exact) mass is 329 g/mol. The highest BCUT2D eigenvalue weighted by Crippen LogP contribution is 2.38. The minimum Gasteiger partial charge on any atom is -0.400 e. The maximum Gasteiger partial charge on any atom is 0.491 e. The van der Waals surface area contributed by atoms with Crippen LogP contribution in [0, 0.1) is 0 Å². The molecule has 1 aromatic rings. The predicted molar refractivity (Wildman–Crippen MR) is 85.2 cm³/mol. The van der Waals surface area contributed by atoms with Crippen LogP contribution in [0.4, 0.5) is 0 Å². The molecule has 2 rings (SSSR count). The lowest BCUT2D eigenvalue weighted by Gasteiger charge is -2.32. The maximum absolute atomic E-state index is 6.05. The summed E-state index contributed by atoms with van der Waals surface area (Å²) in [7, 11) is -0.522. The summed E-state index contributed by atoms with van der Waals surface area (Å²) in [5, 5.41) is 0.361. The molecule has 1 aliphatic rings. The number of hydrogen-bond donors (Lipinski definition) is 1. The zero-order valence-corrected chi connectivity index (χ0v) is 14.0. The Labute approximate surface area is 135 Å². The van der Waals surface area contributed by atoms with Gasteiger partial charge in [0, 0.05) is 18.3 Å². The lowest BCUT2D eigenvalue weighted by Crippen LogP contribution is -2.41. The second kappa shape index (κ2) is 5.86. The normalized spacial score (nSPS) is 20.9. The number of rotatable bonds is 3. The van der Waals surface area contributed by atoms with Crippen molar-refractivity contribution in [3.63, 3.8) is 0 Å². The van der Waals surface area contributed by atoms with Crippen LogP contribution in [0.5, 0.6) is 0 Å². The van der Waals surface area contributed by atoms with E-state index in [-0.39, 0.29) is 17.0 Å². The molecule has 1 aliphatic heterocycles. The second-order valence-corrected chi connectivity index (χ2v) is 6.59. The van der Waals surface area contributed by atoms with E-state index in [1.165, 1.54) is 0 Å². The molecule has 0 saturated carbocycles. The van der Waals surface area contributed by atoms with Gasteiger partial charge in [0.1, 0.15) is 5.15 Å². The van der Waals surface area contributed by atoms with Gasteiger partial charge in [0.15, 0.2) is 0 Å². The van der Waals surface area contributed by atoms with Gasteiger partial charge in [-0.2, -0.15) is 0 Å². The molecular formula is C13H18BCl2N3O2. The van der Waals surface area contributed by atoms with Crippen LogP contribution < -0.4 is 5.73 Å². The maximum atomic E-state index is 6.05. The first kappa shape index (κ1) is 16.7. The van der Waals surface area contributed by atoms with Crippen molar-refractivity contribution in [3.8, 4) is 0 Å². The molecule has 0 bridgehead atoms. The van der Waals surface area contributed by atoms with Gasteiger partial charge in [0.05, 0.1) is 11.2 Å². The van der Waals surface area contributed by atoms with E-state index in [1.807, 2.05) is 27.7 Å². The lowest BCUT2D eigenvalue weighted by molar-refractivity contribution is 0.00578. The Morgan fingerprint density at radius 2 is 1.86 bits per heavy atom. The van der Waals surface area contributed by atoms with Crippen LogP contribution in [0.25, 0.3) is 6.08 Å². The molecule has 2 heterocycles. The Morgan fingerprint density at radius 3 is 2.33 bits per heavy atom. The molecule has 0 aliphatic carbocycles.